The second kappa shape index (κ2) is 47.5. The molecule has 0 spiro atoms. The zero-order valence-corrected chi connectivity index (χ0v) is 47.5. The lowest BCUT2D eigenvalue weighted by Gasteiger charge is -2.42. The molecule has 0 amide bonds. The molecule has 2 fully saturated rings. The molecule has 2 rings (SSSR count). The van der Waals surface area contributed by atoms with Crippen LogP contribution in [0.3, 0.4) is 0 Å². The highest BCUT2D eigenvalue weighted by Crippen LogP contribution is 2.27. The predicted octanol–water partition coefficient (Wildman–Crippen LogP) is 10.8. The van der Waals surface area contributed by atoms with E-state index in [1.807, 2.05) is 0 Å². The summed E-state index contributed by atoms with van der Waals surface area (Å²) in [4.78, 5) is 25.9. The summed E-state index contributed by atoms with van der Waals surface area (Å²) in [5.41, 5.74) is 0. The lowest BCUT2D eigenvalue weighted by atomic mass is 9.98. The van der Waals surface area contributed by atoms with Crippen LogP contribution in [0.25, 0.3) is 0 Å². The van der Waals surface area contributed by atoms with Gasteiger partial charge in [0.2, 0.25) is 0 Å². The van der Waals surface area contributed by atoms with E-state index in [1.54, 1.807) is 0 Å². The van der Waals surface area contributed by atoms with Gasteiger partial charge in [0.05, 0.1) is 19.8 Å². The molecule has 444 valence electrons. The molecule has 15 heteroatoms. The molecule has 15 nitrogen and oxygen atoms in total. The fourth-order valence-corrected chi connectivity index (χ4v) is 9.61. The average Bonchev–Trinajstić information content (AvgIpc) is 3.42. The Bertz CT molecular complexity index is 1460. The number of aliphatic hydroxyl groups excluding tert-OH is 7. The highest BCUT2D eigenvalue weighted by molar-refractivity contribution is 5.70. The summed E-state index contributed by atoms with van der Waals surface area (Å²) in [6.45, 7) is 2.57. The topological polar surface area (TPSA) is 231 Å². The molecule has 0 radical (unpaired) electrons. The number of unbranched alkanes of at least 4 members (excludes halogenated alkanes) is 29. The summed E-state index contributed by atoms with van der Waals surface area (Å²) in [7, 11) is 0. The van der Waals surface area contributed by atoms with Crippen LogP contribution in [-0.2, 0) is 38.0 Å². The molecule has 76 heavy (non-hydrogen) atoms. The second-order valence-electron chi connectivity index (χ2n) is 21.5. The largest absolute Gasteiger partial charge is 0.462 e. The van der Waals surface area contributed by atoms with Crippen LogP contribution < -0.4 is 0 Å². The van der Waals surface area contributed by atoms with Gasteiger partial charge in [0.15, 0.2) is 18.7 Å². The molecule has 0 saturated carbocycles. The Morgan fingerprint density at radius 1 is 0.421 bits per heavy atom. The summed E-state index contributed by atoms with van der Waals surface area (Å²) in [5, 5.41) is 72.3. The zero-order chi connectivity index (χ0) is 55.3. The van der Waals surface area contributed by atoms with Crippen molar-refractivity contribution in [2.45, 2.75) is 313 Å². The standard InChI is InChI=1S/C61H110O15/c1-3-5-7-9-11-13-15-17-19-21-22-23-24-25-26-28-30-32-34-36-38-40-42-44-53(64)74-49(46-71-52(63)43-41-39-37-35-33-31-29-27-20-18-16-14-12-10-8-6-4-2)47-72-60-59(70)57(68)55(66)51(76-60)48-73-61-58(69)56(67)54(65)50(45-62)75-61/h12,14,18,20,36,38,49-51,54-62,65-70H,3-11,13,15-17,19,21-35,37,39-48H2,1-2H3/b14-12+,20-18+,38-36+/t49-,50+,51+,54-,55-,56?,57?,58?,59?,60+,61+/m1/s1. The van der Waals surface area contributed by atoms with Crippen LogP contribution >= 0.6 is 0 Å². The summed E-state index contributed by atoms with van der Waals surface area (Å²) >= 11 is 0. The van der Waals surface area contributed by atoms with Crippen molar-refractivity contribution in [2.75, 3.05) is 26.4 Å². The minimum atomic E-state index is -1.77. The number of allylic oxidation sites excluding steroid dienone is 6. The number of hydrogen-bond donors (Lipinski definition) is 7. The Balaban J connectivity index is 1.74. The third kappa shape index (κ3) is 34.0. The molecule has 4 unspecified atom stereocenters. The van der Waals surface area contributed by atoms with Gasteiger partial charge in [-0.15, -0.1) is 0 Å². The van der Waals surface area contributed by atoms with Gasteiger partial charge < -0.3 is 64.2 Å². The lowest BCUT2D eigenvalue weighted by molar-refractivity contribution is -0.332. The molecule has 0 bridgehead atoms. The molecule has 2 heterocycles. The summed E-state index contributed by atoms with van der Waals surface area (Å²) in [6.07, 6.45) is 37.5. The first-order valence-electron chi connectivity index (χ1n) is 30.6. The third-order valence-electron chi connectivity index (χ3n) is 14.6. The molecule has 0 aromatic rings. The van der Waals surface area contributed by atoms with Crippen molar-refractivity contribution in [3.8, 4) is 0 Å². The molecular weight excluding hydrogens is 973 g/mol. The molecule has 2 aliphatic heterocycles. The van der Waals surface area contributed by atoms with Crippen molar-refractivity contribution in [1.82, 2.24) is 0 Å². The first-order chi connectivity index (χ1) is 37.0. The molecular formula is C61H110O15. The summed E-state index contributed by atoms with van der Waals surface area (Å²) in [6, 6.07) is 0. The van der Waals surface area contributed by atoms with Gasteiger partial charge in [0, 0.05) is 12.8 Å². The molecule has 2 saturated heterocycles. The molecule has 11 atom stereocenters. The maximum atomic E-state index is 13.1. The van der Waals surface area contributed by atoms with Crippen molar-refractivity contribution in [2.24, 2.45) is 0 Å². The minimum Gasteiger partial charge on any atom is -0.462 e. The van der Waals surface area contributed by atoms with E-state index in [4.69, 9.17) is 28.4 Å². The number of aliphatic hydroxyl groups is 7. The van der Waals surface area contributed by atoms with Gasteiger partial charge in [-0.2, -0.15) is 0 Å². The van der Waals surface area contributed by atoms with E-state index in [9.17, 15) is 45.3 Å². The fraction of sp³-hybridized carbons (Fsp3) is 0.869. The van der Waals surface area contributed by atoms with Crippen molar-refractivity contribution in [3.63, 3.8) is 0 Å². The Morgan fingerprint density at radius 2 is 0.803 bits per heavy atom. The molecule has 0 aliphatic carbocycles. The summed E-state index contributed by atoms with van der Waals surface area (Å²) in [5.74, 6) is -0.962. The van der Waals surface area contributed by atoms with E-state index in [0.717, 1.165) is 51.4 Å². The number of rotatable bonds is 49. The van der Waals surface area contributed by atoms with E-state index in [2.05, 4.69) is 50.3 Å². The second-order valence-corrected chi connectivity index (χ2v) is 21.5. The van der Waals surface area contributed by atoms with E-state index in [-0.39, 0.29) is 19.4 Å². The maximum absolute atomic E-state index is 13.1. The monoisotopic (exact) mass is 1080 g/mol. The van der Waals surface area contributed by atoms with Crippen molar-refractivity contribution < 1.29 is 73.8 Å². The van der Waals surface area contributed by atoms with Gasteiger partial charge in [0.25, 0.3) is 0 Å². The average molecular weight is 1080 g/mol. The molecule has 0 aromatic carbocycles. The van der Waals surface area contributed by atoms with Crippen LogP contribution in [0.2, 0.25) is 0 Å². The Kier molecular flexibility index (Phi) is 43.7. The zero-order valence-electron chi connectivity index (χ0n) is 47.5. The normalized spacial score (nSPS) is 24.5. The van der Waals surface area contributed by atoms with E-state index < -0.39 is 99.3 Å². The molecule has 7 N–H and O–H groups in total. The maximum Gasteiger partial charge on any atom is 0.306 e. The van der Waals surface area contributed by atoms with Crippen LogP contribution in [0.5, 0.6) is 0 Å². The highest BCUT2D eigenvalue weighted by atomic mass is 16.7. The van der Waals surface area contributed by atoms with Crippen LogP contribution in [0.1, 0.15) is 245 Å². The van der Waals surface area contributed by atoms with Crippen LogP contribution in [0, 0.1) is 0 Å². The predicted molar refractivity (Wildman–Crippen MR) is 298 cm³/mol. The fourth-order valence-electron chi connectivity index (χ4n) is 9.61. The Morgan fingerprint density at radius 3 is 1.30 bits per heavy atom. The highest BCUT2D eigenvalue weighted by Gasteiger charge is 2.47. The van der Waals surface area contributed by atoms with E-state index in [1.165, 1.54) is 148 Å². The van der Waals surface area contributed by atoms with Gasteiger partial charge in [-0.25, -0.2) is 0 Å². The minimum absolute atomic E-state index is 0.117. The van der Waals surface area contributed by atoms with E-state index >= 15 is 0 Å². The van der Waals surface area contributed by atoms with Gasteiger partial charge in [-0.05, 0) is 64.2 Å². The van der Waals surface area contributed by atoms with Gasteiger partial charge in [-0.3, -0.25) is 9.59 Å². The van der Waals surface area contributed by atoms with Gasteiger partial charge >= 0.3 is 11.9 Å². The lowest BCUT2D eigenvalue weighted by Crippen LogP contribution is -2.61. The number of esters is 2. The van der Waals surface area contributed by atoms with Gasteiger partial charge in [0.1, 0.15) is 55.4 Å². The van der Waals surface area contributed by atoms with Crippen molar-refractivity contribution >= 4 is 11.9 Å². The third-order valence-corrected chi connectivity index (χ3v) is 14.6. The quantitative estimate of drug-likeness (QED) is 0.0171. The van der Waals surface area contributed by atoms with Crippen LogP contribution in [0.4, 0.5) is 0 Å². The number of carbonyl (C=O) groups excluding carboxylic acids is 2. The smallest absolute Gasteiger partial charge is 0.306 e. The Hall–Kier alpha value is -2.28. The van der Waals surface area contributed by atoms with Crippen LogP contribution in [-0.4, -0.2) is 142 Å². The first-order valence-corrected chi connectivity index (χ1v) is 30.6. The summed E-state index contributed by atoms with van der Waals surface area (Å²) < 4.78 is 33.7. The van der Waals surface area contributed by atoms with E-state index in [0.29, 0.717) is 19.3 Å². The number of hydrogen-bond acceptors (Lipinski definition) is 15. The molecule has 0 aromatic heterocycles. The van der Waals surface area contributed by atoms with Crippen molar-refractivity contribution in [1.29, 1.82) is 0 Å². The van der Waals surface area contributed by atoms with Gasteiger partial charge in [-0.1, -0.05) is 204 Å². The first kappa shape index (κ1) is 69.8. The molecule has 2 aliphatic rings. The number of carbonyl (C=O) groups is 2. The van der Waals surface area contributed by atoms with Crippen LogP contribution in [0.15, 0.2) is 36.5 Å². The Labute approximate surface area is 459 Å². The number of ether oxygens (including phenoxy) is 6. The SMILES string of the molecule is CCCCC/C=C/C/C=C/CCCCCCCCCC(=O)OC[C@H](CO[C@H]1O[C@@H](CO[C@H]2O[C@@H](CO)[C@@H](O)C(O)C2O)[C@@H](O)C(O)C1O)OC(=O)CCC/C=C/CCCCCCCCCCCCCCCCCCCC. The van der Waals surface area contributed by atoms with Crippen molar-refractivity contribution in [3.05, 3.63) is 36.5 Å².